The van der Waals surface area contributed by atoms with Crippen LogP contribution in [-0.4, -0.2) is 63.8 Å². The standard InChI is InChI=1S/C23H37N3O4/c1-23(2,3)13-21(27)24-18-9-10-20(25(4)5)17(12-18)14-26(22(28)16-29-6)15-19-8-7-11-30-19/h9-10,12,19H,7-8,11,13-16H2,1-6H3,(H,24,27)/t19-/m0/s1. The van der Waals surface area contributed by atoms with Crippen LogP contribution in [0.1, 0.15) is 45.6 Å². The summed E-state index contributed by atoms with van der Waals surface area (Å²) in [5.41, 5.74) is 2.63. The average Bonchev–Trinajstić information content (AvgIpc) is 3.12. The molecule has 0 bridgehead atoms. The van der Waals surface area contributed by atoms with Gasteiger partial charge >= 0.3 is 0 Å². The first-order valence-electron chi connectivity index (χ1n) is 10.6. The fourth-order valence-electron chi connectivity index (χ4n) is 3.62. The van der Waals surface area contributed by atoms with Crippen LogP contribution in [0.5, 0.6) is 0 Å². The van der Waals surface area contributed by atoms with E-state index in [0.29, 0.717) is 19.5 Å². The van der Waals surface area contributed by atoms with Gasteiger partial charge in [-0.15, -0.1) is 0 Å². The molecule has 1 atom stereocenters. The summed E-state index contributed by atoms with van der Waals surface area (Å²) in [6.45, 7) is 7.86. The molecular formula is C23H37N3O4. The lowest BCUT2D eigenvalue weighted by Gasteiger charge is -2.28. The normalized spacial score (nSPS) is 16.4. The monoisotopic (exact) mass is 419 g/mol. The molecule has 1 aliphatic rings. The number of carbonyl (C=O) groups is 2. The zero-order chi connectivity index (χ0) is 22.3. The summed E-state index contributed by atoms with van der Waals surface area (Å²) in [5, 5.41) is 3.00. The first kappa shape index (κ1) is 24.2. The van der Waals surface area contributed by atoms with Crippen molar-refractivity contribution in [2.75, 3.05) is 51.2 Å². The Bertz CT molecular complexity index is 722. The van der Waals surface area contributed by atoms with Crippen molar-refractivity contribution in [3.05, 3.63) is 23.8 Å². The van der Waals surface area contributed by atoms with Crippen molar-refractivity contribution in [3.8, 4) is 0 Å². The van der Waals surface area contributed by atoms with Crippen LogP contribution in [0.3, 0.4) is 0 Å². The Morgan fingerprint density at radius 3 is 2.57 bits per heavy atom. The molecule has 1 fully saturated rings. The second-order valence-electron chi connectivity index (χ2n) is 9.37. The number of ether oxygens (including phenoxy) is 2. The number of nitrogens with one attached hydrogen (secondary N) is 1. The summed E-state index contributed by atoms with van der Waals surface area (Å²) in [6, 6.07) is 5.84. The van der Waals surface area contributed by atoms with E-state index < -0.39 is 0 Å². The highest BCUT2D eigenvalue weighted by Crippen LogP contribution is 2.26. The van der Waals surface area contributed by atoms with Gasteiger partial charge in [-0.25, -0.2) is 0 Å². The third-order valence-corrected chi connectivity index (χ3v) is 4.97. The zero-order valence-corrected chi connectivity index (χ0v) is 19.3. The largest absolute Gasteiger partial charge is 0.377 e. The maximum Gasteiger partial charge on any atom is 0.248 e. The Kier molecular flexibility index (Phi) is 8.67. The third-order valence-electron chi connectivity index (χ3n) is 4.97. The number of nitrogens with zero attached hydrogens (tertiary/aromatic N) is 2. The molecule has 1 aromatic carbocycles. The van der Waals surface area contributed by atoms with Gasteiger partial charge in [0.2, 0.25) is 11.8 Å². The minimum atomic E-state index is -0.0822. The number of anilines is 2. The fourth-order valence-corrected chi connectivity index (χ4v) is 3.62. The van der Waals surface area contributed by atoms with E-state index >= 15 is 0 Å². The van der Waals surface area contributed by atoms with Gasteiger partial charge in [-0.2, -0.15) is 0 Å². The van der Waals surface area contributed by atoms with Gasteiger partial charge in [-0.1, -0.05) is 20.8 Å². The van der Waals surface area contributed by atoms with Crippen LogP contribution in [0, 0.1) is 5.41 Å². The number of hydrogen-bond donors (Lipinski definition) is 1. The highest BCUT2D eigenvalue weighted by Gasteiger charge is 2.24. The predicted molar refractivity (Wildman–Crippen MR) is 120 cm³/mol. The third kappa shape index (κ3) is 7.61. The van der Waals surface area contributed by atoms with E-state index in [0.717, 1.165) is 36.4 Å². The maximum atomic E-state index is 12.7. The second kappa shape index (κ2) is 10.8. The van der Waals surface area contributed by atoms with E-state index in [1.807, 2.05) is 58.0 Å². The van der Waals surface area contributed by atoms with Gasteiger partial charge in [0.1, 0.15) is 6.61 Å². The molecule has 0 saturated carbocycles. The summed E-state index contributed by atoms with van der Waals surface area (Å²) >= 11 is 0. The molecule has 0 aliphatic carbocycles. The number of hydrogen-bond acceptors (Lipinski definition) is 5. The quantitative estimate of drug-likeness (QED) is 0.665. The molecule has 7 heteroatoms. The van der Waals surface area contributed by atoms with Crippen LogP contribution in [0.2, 0.25) is 0 Å². The highest BCUT2D eigenvalue weighted by molar-refractivity contribution is 5.91. The molecule has 168 valence electrons. The van der Waals surface area contributed by atoms with Crippen LogP contribution < -0.4 is 10.2 Å². The van der Waals surface area contributed by atoms with Gasteiger partial charge in [-0.05, 0) is 42.0 Å². The highest BCUT2D eigenvalue weighted by atomic mass is 16.5. The molecule has 0 unspecified atom stereocenters. The Morgan fingerprint density at radius 1 is 1.27 bits per heavy atom. The molecule has 1 aliphatic heterocycles. The molecule has 0 aromatic heterocycles. The van der Waals surface area contributed by atoms with Crippen molar-refractivity contribution in [3.63, 3.8) is 0 Å². The van der Waals surface area contributed by atoms with Gasteiger partial charge in [0.25, 0.3) is 0 Å². The number of methoxy groups -OCH3 is 1. The van der Waals surface area contributed by atoms with Gasteiger partial charge < -0.3 is 24.6 Å². The van der Waals surface area contributed by atoms with Crippen molar-refractivity contribution >= 4 is 23.2 Å². The Hall–Kier alpha value is -2.12. The lowest BCUT2D eigenvalue weighted by molar-refractivity contribution is -0.137. The van der Waals surface area contributed by atoms with Crippen molar-refractivity contribution in [1.82, 2.24) is 4.90 Å². The van der Waals surface area contributed by atoms with Crippen LogP contribution in [0.25, 0.3) is 0 Å². The molecule has 2 amide bonds. The molecule has 1 saturated heterocycles. The number of rotatable bonds is 9. The molecule has 30 heavy (non-hydrogen) atoms. The molecule has 2 rings (SSSR count). The van der Waals surface area contributed by atoms with E-state index in [4.69, 9.17) is 9.47 Å². The average molecular weight is 420 g/mol. The van der Waals surface area contributed by atoms with Crippen molar-refractivity contribution in [2.24, 2.45) is 5.41 Å². The molecule has 0 radical (unpaired) electrons. The SMILES string of the molecule is COCC(=O)N(Cc1cc(NC(=O)CC(C)(C)C)ccc1N(C)C)C[C@@H]1CCCO1. The van der Waals surface area contributed by atoms with E-state index in [2.05, 4.69) is 5.32 Å². The van der Waals surface area contributed by atoms with Crippen LogP contribution in [0.4, 0.5) is 11.4 Å². The van der Waals surface area contributed by atoms with E-state index in [1.54, 1.807) is 4.90 Å². The van der Waals surface area contributed by atoms with E-state index in [-0.39, 0.29) is 29.9 Å². The summed E-state index contributed by atoms with van der Waals surface area (Å²) in [6.07, 6.45) is 2.48. The number of carbonyl (C=O) groups excluding carboxylic acids is 2. The smallest absolute Gasteiger partial charge is 0.248 e. The molecule has 1 heterocycles. The molecule has 1 aromatic rings. The first-order valence-corrected chi connectivity index (χ1v) is 10.6. The molecule has 0 spiro atoms. The molecular weight excluding hydrogens is 382 g/mol. The minimum absolute atomic E-state index is 0.0160. The summed E-state index contributed by atoms with van der Waals surface area (Å²) in [4.78, 5) is 28.9. The zero-order valence-electron chi connectivity index (χ0n) is 19.3. The van der Waals surface area contributed by atoms with Crippen LogP contribution in [0.15, 0.2) is 18.2 Å². The predicted octanol–water partition coefficient (Wildman–Crippen LogP) is 3.28. The lowest BCUT2D eigenvalue weighted by atomic mass is 9.92. The van der Waals surface area contributed by atoms with Crippen molar-refractivity contribution in [1.29, 1.82) is 0 Å². The summed E-state index contributed by atoms with van der Waals surface area (Å²) < 4.78 is 10.8. The van der Waals surface area contributed by atoms with E-state index in [9.17, 15) is 9.59 Å². The molecule has 1 N–H and O–H groups in total. The Labute approximate surface area is 180 Å². The first-order chi connectivity index (χ1) is 14.1. The van der Waals surface area contributed by atoms with Crippen molar-refractivity contribution < 1.29 is 19.1 Å². The maximum absolute atomic E-state index is 12.7. The van der Waals surface area contributed by atoms with Gasteiger partial charge in [0.05, 0.1) is 6.10 Å². The minimum Gasteiger partial charge on any atom is -0.377 e. The lowest BCUT2D eigenvalue weighted by Crippen LogP contribution is -2.39. The fraction of sp³-hybridized carbons (Fsp3) is 0.652. The van der Waals surface area contributed by atoms with Crippen LogP contribution in [-0.2, 0) is 25.6 Å². The second-order valence-corrected chi connectivity index (χ2v) is 9.37. The van der Waals surface area contributed by atoms with Crippen LogP contribution >= 0.6 is 0 Å². The van der Waals surface area contributed by atoms with Crippen molar-refractivity contribution in [2.45, 2.75) is 52.7 Å². The summed E-state index contributed by atoms with van der Waals surface area (Å²) in [7, 11) is 5.47. The number of amides is 2. The Balaban J connectivity index is 2.23. The topological polar surface area (TPSA) is 71.1 Å². The van der Waals surface area contributed by atoms with Gasteiger partial charge in [-0.3, -0.25) is 9.59 Å². The van der Waals surface area contributed by atoms with Gasteiger partial charge in [0, 0.05) is 58.7 Å². The molecule has 7 nitrogen and oxygen atoms in total. The summed E-state index contributed by atoms with van der Waals surface area (Å²) in [5.74, 6) is -0.0856. The Morgan fingerprint density at radius 2 is 2.00 bits per heavy atom. The van der Waals surface area contributed by atoms with Gasteiger partial charge in [0.15, 0.2) is 0 Å². The number of benzene rings is 1. The van der Waals surface area contributed by atoms with E-state index in [1.165, 1.54) is 7.11 Å².